The van der Waals surface area contributed by atoms with Crippen molar-refractivity contribution in [3.05, 3.63) is 35.9 Å². The lowest BCUT2D eigenvalue weighted by Gasteiger charge is -2.26. The van der Waals surface area contributed by atoms with Crippen LogP contribution in [0.2, 0.25) is 0 Å². The lowest BCUT2D eigenvalue weighted by Crippen LogP contribution is -2.54. The predicted molar refractivity (Wildman–Crippen MR) is 110 cm³/mol. The molecule has 1 rings (SSSR count). The number of amides is 1. The molecule has 0 aliphatic heterocycles. The zero-order chi connectivity index (χ0) is 21.3. The van der Waals surface area contributed by atoms with E-state index < -0.39 is 30.1 Å². The third kappa shape index (κ3) is 8.58. The summed E-state index contributed by atoms with van der Waals surface area (Å²) < 4.78 is 0. The molecule has 0 aromatic heterocycles. The van der Waals surface area contributed by atoms with Gasteiger partial charge in [-0.25, -0.2) is 4.79 Å². The van der Waals surface area contributed by atoms with E-state index in [1.54, 1.807) is 0 Å². The molecule has 3 atom stereocenters. The van der Waals surface area contributed by atoms with Crippen molar-refractivity contribution >= 4 is 34.9 Å². The molecule has 0 bridgehead atoms. The minimum absolute atomic E-state index is 0.0000619. The Hall–Kier alpha value is -2.32. The molecule has 0 radical (unpaired) electrons. The molecule has 8 heteroatoms. The van der Waals surface area contributed by atoms with E-state index in [2.05, 4.69) is 10.6 Å². The first-order valence-corrected chi connectivity index (χ1v) is 9.55. The van der Waals surface area contributed by atoms with Crippen LogP contribution in [0.1, 0.15) is 39.2 Å². The zero-order valence-electron chi connectivity index (χ0n) is 16.3. The van der Waals surface area contributed by atoms with Gasteiger partial charge >= 0.3 is 5.97 Å². The average Bonchev–Trinajstić information content (AvgIpc) is 2.59. The Morgan fingerprint density at radius 1 is 1.11 bits per heavy atom. The van der Waals surface area contributed by atoms with Crippen molar-refractivity contribution in [2.24, 2.45) is 5.92 Å². The average molecular weight is 409 g/mol. The molecule has 0 spiro atoms. The molecule has 1 aromatic rings. The lowest BCUT2D eigenvalue weighted by molar-refractivity contribution is -0.144. The summed E-state index contributed by atoms with van der Waals surface area (Å²) >= 11 is 5.15. The Morgan fingerprint density at radius 2 is 1.71 bits per heavy atom. The number of aliphatic hydroxyl groups excluding tert-OH is 1. The normalized spacial score (nSPS) is 14.0. The molecule has 1 amide bonds. The number of carbonyl (C=O) groups is 3. The summed E-state index contributed by atoms with van der Waals surface area (Å²) in [6, 6.07) is 7.29. The van der Waals surface area contributed by atoms with E-state index in [0.717, 1.165) is 5.56 Å². The van der Waals surface area contributed by atoms with Crippen LogP contribution in [0, 0.1) is 5.92 Å². The molecular weight excluding hydrogens is 380 g/mol. The molecule has 0 fully saturated rings. The number of nitrogens with one attached hydrogen (secondary N) is 2. The topological polar surface area (TPSA) is 116 Å². The van der Waals surface area contributed by atoms with Crippen LogP contribution < -0.4 is 10.6 Å². The minimum atomic E-state index is -1.54. The number of thiocarbonyl (C=S) groups is 1. The molecule has 0 unspecified atom stereocenters. The fraction of sp³-hybridized carbons (Fsp3) is 0.500. The van der Waals surface area contributed by atoms with Crippen molar-refractivity contribution in [2.75, 3.05) is 0 Å². The van der Waals surface area contributed by atoms with Crippen LogP contribution in [0.5, 0.6) is 0 Å². The number of Topliss-reactive ketones (excluding diaryl/α,β-unsaturated/α-hetero) is 1. The first-order chi connectivity index (χ1) is 13.1. The van der Waals surface area contributed by atoms with Gasteiger partial charge in [-0.15, -0.1) is 0 Å². The maximum atomic E-state index is 12.5. The number of rotatable bonds is 11. The van der Waals surface area contributed by atoms with Gasteiger partial charge in [0.2, 0.25) is 0 Å². The van der Waals surface area contributed by atoms with Crippen LogP contribution in [-0.4, -0.2) is 51.0 Å². The number of carboxylic acid groups (broad SMARTS) is 1. The first-order valence-electron chi connectivity index (χ1n) is 9.14. The van der Waals surface area contributed by atoms with Crippen LogP contribution in [0.3, 0.4) is 0 Å². The van der Waals surface area contributed by atoms with E-state index in [4.69, 9.17) is 12.2 Å². The van der Waals surface area contributed by atoms with Gasteiger partial charge in [-0.05, 0) is 31.2 Å². The van der Waals surface area contributed by atoms with Crippen LogP contribution in [0.4, 0.5) is 0 Å². The molecule has 0 aliphatic rings. The van der Waals surface area contributed by atoms with Crippen LogP contribution in [0.15, 0.2) is 30.3 Å². The van der Waals surface area contributed by atoms with Gasteiger partial charge in [0, 0.05) is 0 Å². The molecule has 7 nitrogen and oxygen atoms in total. The third-order valence-electron chi connectivity index (χ3n) is 4.03. The summed E-state index contributed by atoms with van der Waals surface area (Å²) in [6.45, 7) is 5.09. The van der Waals surface area contributed by atoms with E-state index in [1.807, 2.05) is 44.2 Å². The predicted octanol–water partition coefficient (Wildman–Crippen LogP) is 1.47. The number of carboxylic acids is 1. The van der Waals surface area contributed by atoms with Gasteiger partial charge in [0.05, 0.1) is 17.5 Å². The fourth-order valence-electron chi connectivity index (χ4n) is 2.73. The largest absolute Gasteiger partial charge is 0.480 e. The number of ketones is 1. The Bertz CT molecular complexity index is 693. The van der Waals surface area contributed by atoms with E-state index >= 15 is 0 Å². The molecule has 0 saturated carbocycles. The number of hydrogen-bond acceptors (Lipinski definition) is 5. The van der Waals surface area contributed by atoms with Crippen LogP contribution in [0.25, 0.3) is 0 Å². The highest BCUT2D eigenvalue weighted by Crippen LogP contribution is 2.10. The Morgan fingerprint density at radius 3 is 2.21 bits per heavy atom. The van der Waals surface area contributed by atoms with Crippen molar-refractivity contribution in [2.45, 2.75) is 58.2 Å². The number of benzene rings is 1. The zero-order valence-corrected chi connectivity index (χ0v) is 17.2. The molecule has 4 N–H and O–H groups in total. The Labute approximate surface area is 170 Å². The monoisotopic (exact) mass is 408 g/mol. The summed E-state index contributed by atoms with van der Waals surface area (Å²) in [6.07, 6.45) is -1.03. The summed E-state index contributed by atoms with van der Waals surface area (Å²) in [5.74, 6) is -2.04. The fourth-order valence-corrected chi connectivity index (χ4v) is 3.08. The number of aliphatic hydroxyl groups is 1. The van der Waals surface area contributed by atoms with Gasteiger partial charge in [0.15, 0.2) is 6.10 Å². The summed E-state index contributed by atoms with van der Waals surface area (Å²) in [5, 5.41) is 25.1. The van der Waals surface area contributed by atoms with Gasteiger partial charge in [-0.2, -0.15) is 0 Å². The van der Waals surface area contributed by atoms with Crippen molar-refractivity contribution in [3.63, 3.8) is 0 Å². The van der Waals surface area contributed by atoms with Crippen molar-refractivity contribution in [3.8, 4) is 0 Å². The minimum Gasteiger partial charge on any atom is -0.480 e. The lowest BCUT2D eigenvalue weighted by atomic mass is 9.99. The van der Waals surface area contributed by atoms with Crippen molar-refractivity contribution < 1.29 is 24.6 Å². The number of hydrogen-bond donors (Lipinski definition) is 4. The molecule has 0 heterocycles. The highest BCUT2D eigenvalue weighted by molar-refractivity contribution is 7.80. The summed E-state index contributed by atoms with van der Waals surface area (Å²) in [5.41, 5.74) is 0.856. The smallest absolute Gasteiger partial charge is 0.326 e. The van der Waals surface area contributed by atoms with Gasteiger partial charge in [-0.1, -0.05) is 56.4 Å². The van der Waals surface area contributed by atoms with Gasteiger partial charge < -0.3 is 20.8 Å². The molecule has 0 saturated heterocycles. The summed E-state index contributed by atoms with van der Waals surface area (Å²) in [7, 11) is 0. The number of carbonyl (C=O) groups excluding carboxylic acids is 2. The Balaban J connectivity index is 2.93. The second kappa shape index (κ2) is 11.5. The second-order valence-corrected chi connectivity index (χ2v) is 7.71. The van der Waals surface area contributed by atoms with E-state index in [-0.39, 0.29) is 36.0 Å². The maximum Gasteiger partial charge on any atom is 0.326 e. The van der Waals surface area contributed by atoms with Gasteiger partial charge in [-0.3, -0.25) is 9.59 Å². The standard InChI is InChI=1S/C20H28N2O5S/c1-12(2)9-16(20(26)27)22-19(25)18(24)15(21-17(28)10-13(3)23)11-14-7-5-4-6-8-14/h4-8,12,15-16,18,24H,9-11H2,1-3H3,(H,21,28)(H,22,25)(H,26,27)/t15-,16+,18+/m1/s1. The third-order valence-corrected chi connectivity index (χ3v) is 4.29. The molecular formula is C20H28N2O5S. The molecule has 154 valence electrons. The van der Waals surface area contributed by atoms with Gasteiger partial charge in [0.25, 0.3) is 5.91 Å². The first kappa shape index (κ1) is 23.7. The van der Waals surface area contributed by atoms with E-state index in [1.165, 1.54) is 6.92 Å². The second-order valence-electron chi connectivity index (χ2n) is 7.22. The van der Waals surface area contributed by atoms with Crippen molar-refractivity contribution in [1.29, 1.82) is 0 Å². The van der Waals surface area contributed by atoms with Crippen LogP contribution >= 0.6 is 12.2 Å². The SMILES string of the molecule is CC(=O)CC(=S)N[C@H](Cc1ccccc1)[C@H](O)C(=O)N[C@@H](CC(C)C)C(=O)O. The molecule has 1 aromatic carbocycles. The van der Waals surface area contributed by atoms with E-state index in [0.29, 0.717) is 0 Å². The Kier molecular flexibility index (Phi) is 9.75. The quantitative estimate of drug-likeness (QED) is 0.410. The van der Waals surface area contributed by atoms with Gasteiger partial charge in [0.1, 0.15) is 11.8 Å². The maximum absolute atomic E-state index is 12.5. The molecule has 0 aliphatic carbocycles. The summed E-state index contributed by atoms with van der Waals surface area (Å²) in [4.78, 5) is 35.4. The highest BCUT2D eigenvalue weighted by Gasteiger charge is 2.30. The van der Waals surface area contributed by atoms with Crippen molar-refractivity contribution in [1.82, 2.24) is 10.6 Å². The molecule has 28 heavy (non-hydrogen) atoms. The highest BCUT2D eigenvalue weighted by atomic mass is 32.1. The van der Waals surface area contributed by atoms with Crippen LogP contribution in [-0.2, 0) is 20.8 Å². The van der Waals surface area contributed by atoms with E-state index in [9.17, 15) is 24.6 Å². The number of aliphatic carboxylic acids is 1.